The number of carbonyl (C=O) groups excluding carboxylic acids is 3. The van der Waals surface area contributed by atoms with Gasteiger partial charge in [0, 0.05) is 38.8 Å². The molecule has 4 rings (SSSR count). The second-order valence-electron chi connectivity index (χ2n) is 9.57. The Labute approximate surface area is 222 Å². The Hall–Kier alpha value is -4.35. The average Bonchev–Trinajstić information content (AvgIpc) is 3.66. The van der Waals surface area contributed by atoms with Gasteiger partial charge in [-0.2, -0.15) is 0 Å². The van der Waals surface area contributed by atoms with Crippen molar-refractivity contribution in [1.82, 2.24) is 19.0 Å². The van der Waals surface area contributed by atoms with Crippen molar-refractivity contribution in [3.05, 3.63) is 70.4 Å². The molecule has 3 aromatic rings. The van der Waals surface area contributed by atoms with E-state index in [1.54, 1.807) is 26.2 Å². The van der Waals surface area contributed by atoms with Crippen molar-refractivity contribution in [3.63, 3.8) is 0 Å². The molecule has 2 aromatic heterocycles. The fourth-order valence-electron chi connectivity index (χ4n) is 3.81. The molecule has 12 heteroatoms. The van der Waals surface area contributed by atoms with E-state index >= 15 is 0 Å². The highest BCUT2D eigenvalue weighted by atomic mass is 19.2. The number of anilines is 1. The third-order valence-corrected chi connectivity index (χ3v) is 6.17. The summed E-state index contributed by atoms with van der Waals surface area (Å²) in [5.41, 5.74) is -0.476. The molecule has 1 aliphatic carbocycles. The fourth-order valence-corrected chi connectivity index (χ4v) is 3.81. The Morgan fingerprint density at radius 2 is 1.95 bits per heavy atom. The summed E-state index contributed by atoms with van der Waals surface area (Å²) in [7, 11) is 3.28. The van der Waals surface area contributed by atoms with Gasteiger partial charge in [-0.05, 0) is 49.8 Å². The first-order valence-corrected chi connectivity index (χ1v) is 12.5. The van der Waals surface area contributed by atoms with Gasteiger partial charge in [0.1, 0.15) is 11.5 Å². The number of hydrogen-bond donors (Lipinski definition) is 1. The van der Waals surface area contributed by atoms with Crippen molar-refractivity contribution >= 4 is 34.6 Å². The predicted octanol–water partition coefficient (Wildman–Crippen LogP) is 3.67. The molecule has 0 aliphatic heterocycles. The molecular formula is C27H29F2N5O5. The van der Waals surface area contributed by atoms with E-state index in [2.05, 4.69) is 10.3 Å². The van der Waals surface area contributed by atoms with Gasteiger partial charge in [-0.1, -0.05) is 6.08 Å². The maximum atomic E-state index is 14.0. The molecule has 0 unspecified atom stereocenters. The Morgan fingerprint density at radius 3 is 2.67 bits per heavy atom. The summed E-state index contributed by atoms with van der Waals surface area (Å²) in [6.45, 7) is -0.0193. The number of carbonyl (C=O) groups is 3. The number of nitrogens with one attached hydrogen (secondary N) is 1. The highest BCUT2D eigenvalue weighted by Gasteiger charge is 2.26. The number of benzene rings is 1. The monoisotopic (exact) mass is 541 g/mol. The summed E-state index contributed by atoms with van der Waals surface area (Å²) in [6, 6.07) is 4.74. The number of aromatic nitrogens is 3. The first kappa shape index (κ1) is 27.7. The molecule has 2 amide bonds. The van der Waals surface area contributed by atoms with Crippen LogP contribution in [-0.2, 0) is 20.9 Å². The molecule has 0 bridgehead atoms. The molecule has 1 aliphatic rings. The lowest BCUT2D eigenvalue weighted by molar-refractivity contribution is -0.123. The predicted molar refractivity (Wildman–Crippen MR) is 139 cm³/mol. The fraction of sp³-hybridized carbons (Fsp3) is 0.370. The van der Waals surface area contributed by atoms with Crippen molar-refractivity contribution in [2.24, 2.45) is 5.92 Å². The lowest BCUT2D eigenvalue weighted by atomic mass is 10.2. The summed E-state index contributed by atoms with van der Waals surface area (Å²) in [5, 5.41) is 2.58. The smallest absolute Gasteiger partial charge is 0.420 e. The maximum absolute atomic E-state index is 14.0. The standard InChI is InChI=1S/C27H29F2N5O5/c1-32(2)25(36)9-5-3-4-8-24(35)31-20-7-6-12-33(26(20)37)15-23-30-21-13-18(28)19(29)14-22(21)34(23)27(38)39-16-17-10-11-17/h5-7,9,12-14,17H,3-4,8,10-11,15-16H2,1-2H3,(H,31,35)/b9-5+. The number of unbranched alkanes of at least 4 members (excludes halogenated alkanes) is 1. The summed E-state index contributed by atoms with van der Waals surface area (Å²) in [6.07, 6.45) is 6.79. The van der Waals surface area contributed by atoms with E-state index < -0.39 is 23.3 Å². The second-order valence-corrected chi connectivity index (χ2v) is 9.57. The number of allylic oxidation sites excluding steroid dienone is 1. The Morgan fingerprint density at radius 1 is 1.21 bits per heavy atom. The number of ether oxygens (including phenoxy) is 1. The third-order valence-electron chi connectivity index (χ3n) is 6.17. The number of pyridine rings is 1. The van der Waals surface area contributed by atoms with Gasteiger partial charge in [-0.15, -0.1) is 0 Å². The van der Waals surface area contributed by atoms with E-state index in [0.29, 0.717) is 12.8 Å². The minimum atomic E-state index is -1.15. The molecule has 1 saturated carbocycles. The molecule has 1 N–H and O–H groups in total. The number of hydrogen-bond acceptors (Lipinski definition) is 6. The van der Waals surface area contributed by atoms with Crippen LogP contribution >= 0.6 is 0 Å². The van der Waals surface area contributed by atoms with Crippen LogP contribution in [0.5, 0.6) is 0 Å². The Kier molecular flexibility index (Phi) is 8.52. The van der Waals surface area contributed by atoms with Gasteiger partial charge in [-0.3, -0.25) is 14.4 Å². The normalized spacial score (nSPS) is 13.1. The first-order chi connectivity index (χ1) is 18.6. The number of amides is 2. The van der Waals surface area contributed by atoms with Crippen LogP contribution < -0.4 is 10.9 Å². The quantitative estimate of drug-likeness (QED) is 0.309. The van der Waals surface area contributed by atoms with E-state index in [4.69, 9.17) is 4.74 Å². The lowest BCUT2D eigenvalue weighted by Gasteiger charge is -2.11. The van der Waals surface area contributed by atoms with E-state index in [0.717, 1.165) is 29.5 Å². The molecule has 1 fully saturated rings. The zero-order valence-corrected chi connectivity index (χ0v) is 21.7. The Balaban J connectivity index is 1.49. The minimum absolute atomic E-state index is 0.0172. The largest absolute Gasteiger partial charge is 0.449 e. The molecule has 0 atom stereocenters. The third kappa shape index (κ3) is 6.95. The Bertz CT molecular complexity index is 1490. The van der Waals surface area contributed by atoms with Crippen molar-refractivity contribution in [1.29, 1.82) is 0 Å². The molecule has 1 aromatic carbocycles. The molecule has 0 spiro atoms. The van der Waals surface area contributed by atoms with Crippen molar-refractivity contribution in [2.45, 2.75) is 38.6 Å². The maximum Gasteiger partial charge on any atom is 0.420 e. The highest BCUT2D eigenvalue weighted by Crippen LogP contribution is 2.29. The van der Waals surface area contributed by atoms with Gasteiger partial charge in [0.05, 0.1) is 24.2 Å². The van der Waals surface area contributed by atoms with Crippen LogP contribution in [0.3, 0.4) is 0 Å². The highest BCUT2D eigenvalue weighted by molar-refractivity contribution is 5.90. The summed E-state index contributed by atoms with van der Waals surface area (Å²) in [4.78, 5) is 55.6. The molecule has 39 heavy (non-hydrogen) atoms. The van der Waals surface area contributed by atoms with Crippen molar-refractivity contribution in [3.8, 4) is 0 Å². The van der Waals surface area contributed by atoms with E-state index in [1.807, 2.05) is 0 Å². The zero-order valence-electron chi connectivity index (χ0n) is 21.7. The number of imidazole rings is 1. The number of halogens is 2. The molecule has 10 nitrogen and oxygen atoms in total. The van der Waals surface area contributed by atoms with Crippen LogP contribution in [0.15, 0.2) is 47.4 Å². The number of rotatable bonds is 10. The van der Waals surface area contributed by atoms with Crippen molar-refractivity contribution in [2.75, 3.05) is 26.0 Å². The minimum Gasteiger partial charge on any atom is -0.449 e. The van der Waals surface area contributed by atoms with Gasteiger partial charge in [0.15, 0.2) is 11.6 Å². The van der Waals surface area contributed by atoms with E-state index in [-0.39, 0.29) is 59.8 Å². The number of likely N-dealkylation sites (N-methyl/N-ethyl adjacent to an activating group) is 1. The van der Waals surface area contributed by atoms with Crippen LogP contribution in [0.2, 0.25) is 0 Å². The van der Waals surface area contributed by atoms with Gasteiger partial charge in [0.25, 0.3) is 5.56 Å². The van der Waals surface area contributed by atoms with Crippen LogP contribution in [-0.4, -0.2) is 57.6 Å². The summed E-state index contributed by atoms with van der Waals surface area (Å²) >= 11 is 0. The zero-order chi connectivity index (χ0) is 28.1. The summed E-state index contributed by atoms with van der Waals surface area (Å²) < 4.78 is 35.5. The van der Waals surface area contributed by atoms with Crippen LogP contribution in [0, 0.1) is 17.6 Å². The number of fused-ring (bicyclic) bond motifs is 1. The number of nitrogens with zero attached hydrogens (tertiary/aromatic N) is 4. The molecular weight excluding hydrogens is 512 g/mol. The topological polar surface area (TPSA) is 116 Å². The van der Waals surface area contributed by atoms with Gasteiger partial charge >= 0.3 is 6.09 Å². The summed E-state index contributed by atoms with van der Waals surface area (Å²) in [5.74, 6) is -2.47. The first-order valence-electron chi connectivity index (χ1n) is 12.5. The molecule has 0 radical (unpaired) electrons. The molecule has 2 heterocycles. The SMILES string of the molecule is CN(C)C(=O)/C=C/CCCC(=O)Nc1cccn(Cc2nc3cc(F)c(F)cc3n2C(=O)OCC2CC2)c1=O. The van der Waals surface area contributed by atoms with Gasteiger partial charge in [-0.25, -0.2) is 23.1 Å². The van der Waals surface area contributed by atoms with Crippen LogP contribution in [0.4, 0.5) is 19.3 Å². The average molecular weight is 542 g/mol. The molecule has 0 saturated heterocycles. The van der Waals surface area contributed by atoms with E-state index in [9.17, 15) is 28.0 Å². The van der Waals surface area contributed by atoms with Crippen LogP contribution in [0.25, 0.3) is 11.0 Å². The van der Waals surface area contributed by atoms with Gasteiger partial charge < -0.3 is 19.5 Å². The van der Waals surface area contributed by atoms with Crippen molar-refractivity contribution < 1.29 is 27.9 Å². The van der Waals surface area contributed by atoms with Gasteiger partial charge in [0.2, 0.25) is 11.8 Å². The van der Waals surface area contributed by atoms with E-state index in [1.165, 1.54) is 27.8 Å². The molecule has 206 valence electrons. The lowest BCUT2D eigenvalue weighted by Crippen LogP contribution is -2.27. The van der Waals surface area contributed by atoms with Crippen LogP contribution in [0.1, 0.15) is 37.9 Å². The second kappa shape index (κ2) is 12.0.